The minimum absolute atomic E-state index is 0.0643. The quantitative estimate of drug-likeness (QED) is 0.668. The van der Waals surface area contributed by atoms with Gasteiger partial charge in [-0.1, -0.05) is 13.8 Å². The van der Waals surface area contributed by atoms with Crippen molar-refractivity contribution in [1.82, 2.24) is 5.32 Å². The third-order valence-electron chi connectivity index (χ3n) is 4.26. The monoisotopic (exact) mass is 290 g/mol. The molecular weight excluding hydrogens is 272 g/mol. The van der Waals surface area contributed by atoms with E-state index in [2.05, 4.69) is 5.32 Å². The first kappa shape index (κ1) is 14.0. The van der Waals surface area contributed by atoms with Crippen molar-refractivity contribution in [3.63, 3.8) is 0 Å². The Morgan fingerprint density at radius 1 is 1.43 bits per heavy atom. The van der Waals surface area contributed by atoms with Gasteiger partial charge in [-0.15, -0.1) is 0 Å². The zero-order valence-corrected chi connectivity index (χ0v) is 12.1. The smallest absolute Gasteiger partial charge is 0.312 e. The highest BCUT2D eigenvalue weighted by atomic mass is 16.6. The summed E-state index contributed by atoms with van der Waals surface area (Å²) < 4.78 is 5.95. The van der Waals surface area contributed by atoms with E-state index >= 15 is 0 Å². The van der Waals surface area contributed by atoms with Gasteiger partial charge in [-0.3, -0.25) is 14.9 Å². The predicted molar refractivity (Wildman–Crippen MR) is 77.0 cm³/mol. The Hall–Kier alpha value is -1.95. The molecule has 2 aliphatic heterocycles. The first-order valence-corrected chi connectivity index (χ1v) is 7.17. The van der Waals surface area contributed by atoms with Crippen molar-refractivity contribution in [3.05, 3.63) is 33.4 Å². The molecule has 0 aliphatic carbocycles. The van der Waals surface area contributed by atoms with Gasteiger partial charge >= 0.3 is 5.69 Å². The van der Waals surface area contributed by atoms with E-state index in [1.54, 1.807) is 6.07 Å². The maximum atomic E-state index is 12.5. The SMILES string of the molecule is CC(C)c1cc2c(c([N+](=O)[O-])c1)OC1(CCNC1)CC2=O. The van der Waals surface area contributed by atoms with Crippen LogP contribution < -0.4 is 10.1 Å². The van der Waals surface area contributed by atoms with Crippen LogP contribution in [-0.4, -0.2) is 29.4 Å². The van der Waals surface area contributed by atoms with Crippen LogP contribution in [-0.2, 0) is 0 Å². The summed E-state index contributed by atoms with van der Waals surface area (Å²) in [5.74, 6) is 0.195. The van der Waals surface area contributed by atoms with Crippen molar-refractivity contribution in [3.8, 4) is 5.75 Å². The number of ether oxygens (including phenoxy) is 1. The number of Topliss-reactive ketones (excluding diaryl/α,β-unsaturated/α-hetero) is 1. The van der Waals surface area contributed by atoms with Crippen LogP contribution in [0.2, 0.25) is 0 Å². The molecule has 21 heavy (non-hydrogen) atoms. The minimum atomic E-state index is -0.617. The Labute approximate surface area is 122 Å². The Bertz CT molecular complexity index is 601. The molecule has 0 bridgehead atoms. The first-order chi connectivity index (χ1) is 9.92. The van der Waals surface area contributed by atoms with E-state index in [1.165, 1.54) is 6.07 Å². The number of hydrogen-bond donors (Lipinski definition) is 1. The predicted octanol–water partition coefficient (Wildman–Crippen LogP) is 2.42. The average molecular weight is 290 g/mol. The van der Waals surface area contributed by atoms with Crippen molar-refractivity contribution in [2.75, 3.05) is 13.1 Å². The number of benzene rings is 1. The molecule has 1 fully saturated rings. The molecule has 2 heterocycles. The van der Waals surface area contributed by atoms with Gasteiger partial charge in [0.2, 0.25) is 5.75 Å². The van der Waals surface area contributed by atoms with Crippen LogP contribution in [0.25, 0.3) is 0 Å². The fourth-order valence-corrected chi connectivity index (χ4v) is 3.02. The molecule has 1 N–H and O–H groups in total. The summed E-state index contributed by atoms with van der Waals surface area (Å²) in [5, 5.41) is 14.5. The number of carbonyl (C=O) groups is 1. The maximum Gasteiger partial charge on any atom is 0.312 e. The van der Waals surface area contributed by atoms with Crippen LogP contribution in [0, 0.1) is 10.1 Å². The molecule has 1 atom stereocenters. The second-order valence-corrected chi connectivity index (χ2v) is 6.14. The molecule has 0 amide bonds. The molecule has 6 heteroatoms. The number of carbonyl (C=O) groups excluding carboxylic acids is 1. The second kappa shape index (κ2) is 4.80. The zero-order chi connectivity index (χ0) is 15.2. The lowest BCUT2D eigenvalue weighted by atomic mass is 9.87. The topological polar surface area (TPSA) is 81.5 Å². The molecule has 1 unspecified atom stereocenters. The summed E-state index contributed by atoms with van der Waals surface area (Å²) in [6.45, 7) is 5.21. The van der Waals surface area contributed by atoms with Gasteiger partial charge in [0.1, 0.15) is 5.60 Å². The van der Waals surface area contributed by atoms with E-state index in [-0.39, 0.29) is 29.6 Å². The van der Waals surface area contributed by atoms with Crippen LogP contribution in [0.1, 0.15) is 48.5 Å². The molecule has 1 saturated heterocycles. The van der Waals surface area contributed by atoms with Crippen LogP contribution in [0.3, 0.4) is 0 Å². The third-order valence-corrected chi connectivity index (χ3v) is 4.26. The number of fused-ring (bicyclic) bond motifs is 1. The maximum absolute atomic E-state index is 12.5. The molecule has 1 aromatic rings. The lowest BCUT2D eigenvalue weighted by Gasteiger charge is -2.33. The number of nitro benzene ring substituents is 1. The number of nitrogens with zero attached hydrogens (tertiary/aromatic N) is 1. The van der Waals surface area contributed by atoms with Gasteiger partial charge in [-0.05, 0) is 24.1 Å². The number of nitro groups is 1. The molecule has 0 aromatic heterocycles. The fourth-order valence-electron chi connectivity index (χ4n) is 3.02. The number of nitrogens with one attached hydrogen (secondary N) is 1. The van der Waals surface area contributed by atoms with Gasteiger partial charge in [-0.2, -0.15) is 0 Å². The van der Waals surface area contributed by atoms with Crippen LogP contribution in [0.15, 0.2) is 12.1 Å². The van der Waals surface area contributed by atoms with Crippen molar-refractivity contribution in [2.45, 2.75) is 38.2 Å². The van der Waals surface area contributed by atoms with Gasteiger partial charge in [0.15, 0.2) is 5.78 Å². The molecule has 6 nitrogen and oxygen atoms in total. The standard InChI is InChI=1S/C15H18N2O4/c1-9(2)10-5-11-13(18)7-15(3-4-16-8-15)21-14(11)12(6-10)17(19)20/h5-6,9,16H,3-4,7-8H2,1-2H3. The summed E-state index contributed by atoms with van der Waals surface area (Å²) in [4.78, 5) is 23.4. The van der Waals surface area contributed by atoms with Crippen LogP contribution in [0.4, 0.5) is 5.69 Å². The summed E-state index contributed by atoms with van der Waals surface area (Å²) >= 11 is 0. The van der Waals surface area contributed by atoms with E-state index < -0.39 is 10.5 Å². The van der Waals surface area contributed by atoms with Crippen LogP contribution >= 0.6 is 0 Å². The molecule has 3 rings (SSSR count). The lowest BCUT2D eigenvalue weighted by Crippen LogP contribution is -2.44. The zero-order valence-electron chi connectivity index (χ0n) is 12.1. The van der Waals surface area contributed by atoms with E-state index in [1.807, 2.05) is 13.8 Å². The number of hydrogen-bond acceptors (Lipinski definition) is 5. The highest BCUT2D eigenvalue weighted by Crippen LogP contribution is 2.43. The highest BCUT2D eigenvalue weighted by molar-refractivity contribution is 6.02. The largest absolute Gasteiger partial charge is 0.478 e. The normalized spacial score (nSPS) is 24.2. The Morgan fingerprint density at radius 2 is 2.19 bits per heavy atom. The lowest BCUT2D eigenvalue weighted by molar-refractivity contribution is -0.386. The Balaban J connectivity index is 2.14. The summed E-state index contributed by atoms with van der Waals surface area (Å²) in [7, 11) is 0. The fraction of sp³-hybridized carbons (Fsp3) is 0.533. The second-order valence-electron chi connectivity index (χ2n) is 6.14. The molecule has 112 valence electrons. The third kappa shape index (κ3) is 2.29. The van der Waals surface area contributed by atoms with Gasteiger partial charge < -0.3 is 10.1 Å². The van der Waals surface area contributed by atoms with Crippen molar-refractivity contribution in [1.29, 1.82) is 0 Å². The molecule has 0 saturated carbocycles. The molecule has 2 aliphatic rings. The number of ketones is 1. The summed E-state index contributed by atoms with van der Waals surface area (Å²) in [5.41, 5.74) is 0.424. The average Bonchev–Trinajstić information content (AvgIpc) is 2.85. The Kier molecular flexibility index (Phi) is 3.20. The van der Waals surface area contributed by atoms with Crippen LogP contribution in [0.5, 0.6) is 5.75 Å². The van der Waals surface area contributed by atoms with Gasteiger partial charge in [0, 0.05) is 19.0 Å². The first-order valence-electron chi connectivity index (χ1n) is 7.17. The van der Waals surface area contributed by atoms with E-state index in [4.69, 9.17) is 4.74 Å². The van der Waals surface area contributed by atoms with Crippen molar-refractivity contribution in [2.24, 2.45) is 0 Å². The molecular formula is C15H18N2O4. The van der Waals surface area contributed by atoms with Crippen molar-refractivity contribution < 1.29 is 14.5 Å². The molecule has 0 radical (unpaired) electrons. The van der Waals surface area contributed by atoms with E-state index in [0.29, 0.717) is 18.5 Å². The summed E-state index contributed by atoms with van der Waals surface area (Å²) in [6.07, 6.45) is 0.979. The van der Waals surface area contributed by atoms with E-state index in [0.717, 1.165) is 12.1 Å². The van der Waals surface area contributed by atoms with E-state index in [9.17, 15) is 14.9 Å². The minimum Gasteiger partial charge on any atom is -0.478 e. The Morgan fingerprint density at radius 3 is 2.76 bits per heavy atom. The summed E-state index contributed by atoms with van der Waals surface area (Å²) in [6, 6.07) is 3.27. The van der Waals surface area contributed by atoms with Gasteiger partial charge in [0.25, 0.3) is 0 Å². The van der Waals surface area contributed by atoms with Gasteiger partial charge in [-0.25, -0.2) is 0 Å². The molecule has 1 aromatic carbocycles. The van der Waals surface area contributed by atoms with Gasteiger partial charge in [0.05, 0.1) is 16.9 Å². The highest BCUT2D eigenvalue weighted by Gasteiger charge is 2.45. The molecule has 1 spiro atoms. The van der Waals surface area contributed by atoms with Crippen molar-refractivity contribution >= 4 is 11.5 Å². The number of rotatable bonds is 2.